The van der Waals surface area contributed by atoms with Crippen molar-refractivity contribution in [2.75, 3.05) is 24.5 Å². The molecule has 1 unspecified atom stereocenters. The molecule has 0 aromatic carbocycles. The van der Waals surface area contributed by atoms with Gasteiger partial charge in [0.25, 0.3) is 0 Å². The summed E-state index contributed by atoms with van der Waals surface area (Å²) < 4.78 is 13.9. The molecule has 0 saturated carbocycles. The van der Waals surface area contributed by atoms with Gasteiger partial charge in [-0.3, -0.25) is 4.79 Å². The zero-order chi connectivity index (χ0) is 16.5. The number of piperidine rings is 1. The lowest BCUT2D eigenvalue weighted by Gasteiger charge is -2.36. The van der Waals surface area contributed by atoms with Gasteiger partial charge >= 0.3 is 0 Å². The van der Waals surface area contributed by atoms with E-state index in [9.17, 15) is 9.18 Å². The van der Waals surface area contributed by atoms with Gasteiger partial charge in [0.05, 0.1) is 12.1 Å². The summed E-state index contributed by atoms with van der Waals surface area (Å²) in [6.07, 6.45) is 5.20. The third-order valence-electron chi connectivity index (χ3n) is 4.84. The zero-order valence-corrected chi connectivity index (χ0v) is 14.1. The van der Waals surface area contributed by atoms with E-state index in [1.54, 1.807) is 11.3 Å². The number of thiophene rings is 1. The van der Waals surface area contributed by atoms with Gasteiger partial charge in [-0.25, -0.2) is 14.4 Å². The van der Waals surface area contributed by atoms with Crippen molar-refractivity contribution in [3.63, 3.8) is 0 Å². The van der Waals surface area contributed by atoms with Crippen molar-refractivity contribution in [2.45, 2.75) is 25.8 Å². The Bertz CT molecular complexity index is 750. The van der Waals surface area contributed by atoms with Gasteiger partial charge in [-0.1, -0.05) is 0 Å². The van der Waals surface area contributed by atoms with Crippen molar-refractivity contribution in [3.8, 4) is 0 Å². The van der Waals surface area contributed by atoms with Crippen LogP contribution in [0.2, 0.25) is 0 Å². The maximum absolute atomic E-state index is 13.9. The van der Waals surface area contributed by atoms with Gasteiger partial charge < -0.3 is 9.80 Å². The van der Waals surface area contributed by atoms with Gasteiger partial charge in [0.2, 0.25) is 5.91 Å². The highest BCUT2D eigenvalue weighted by Crippen LogP contribution is 2.28. The van der Waals surface area contributed by atoms with Crippen LogP contribution in [-0.4, -0.2) is 40.4 Å². The topological polar surface area (TPSA) is 49.3 Å². The van der Waals surface area contributed by atoms with Gasteiger partial charge in [0.15, 0.2) is 11.6 Å². The Labute approximate surface area is 144 Å². The molecule has 0 bridgehead atoms. The van der Waals surface area contributed by atoms with Crippen molar-refractivity contribution in [1.29, 1.82) is 0 Å². The first-order valence-corrected chi connectivity index (χ1v) is 9.15. The van der Waals surface area contributed by atoms with Crippen LogP contribution < -0.4 is 4.90 Å². The number of carbonyl (C=O) groups is 1. The second-order valence-electron chi connectivity index (χ2n) is 6.36. The van der Waals surface area contributed by atoms with Crippen molar-refractivity contribution in [3.05, 3.63) is 40.2 Å². The Morgan fingerprint density at radius 2 is 2.29 bits per heavy atom. The monoisotopic (exact) mass is 346 g/mol. The lowest BCUT2D eigenvalue weighted by atomic mass is 9.95. The number of anilines is 1. The lowest BCUT2D eigenvalue weighted by molar-refractivity contribution is -0.136. The summed E-state index contributed by atoms with van der Waals surface area (Å²) in [5.74, 6) is -0.0212. The van der Waals surface area contributed by atoms with Gasteiger partial charge in [-0.15, -0.1) is 11.3 Å². The third kappa shape index (κ3) is 2.88. The molecule has 1 atom stereocenters. The third-order valence-corrected chi connectivity index (χ3v) is 5.86. The van der Waals surface area contributed by atoms with E-state index in [1.807, 2.05) is 9.80 Å². The van der Waals surface area contributed by atoms with E-state index in [1.165, 1.54) is 23.0 Å². The summed E-state index contributed by atoms with van der Waals surface area (Å²) in [5.41, 5.74) is 1.27. The molecular weight excluding hydrogens is 327 g/mol. The molecule has 1 amide bonds. The average molecular weight is 346 g/mol. The Kier molecular flexibility index (Phi) is 4.18. The zero-order valence-electron chi connectivity index (χ0n) is 13.3. The summed E-state index contributed by atoms with van der Waals surface area (Å²) in [6, 6.07) is 2.11. The first-order valence-electron chi connectivity index (χ1n) is 8.27. The summed E-state index contributed by atoms with van der Waals surface area (Å²) >= 11 is 1.77. The van der Waals surface area contributed by atoms with E-state index >= 15 is 0 Å². The van der Waals surface area contributed by atoms with Crippen LogP contribution in [0.3, 0.4) is 0 Å². The number of hydrogen-bond donors (Lipinski definition) is 0. The number of amides is 1. The molecular formula is C17H19FN4OS. The van der Waals surface area contributed by atoms with E-state index in [0.717, 1.165) is 32.4 Å². The predicted molar refractivity (Wildman–Crippen MR) is 90.4 cm³/mol. The predicted octanol–water partition coefficient (Wildman–Crippen LogP) is 2.48. The number of hydrogen-bond acceptors (Lipinski definition) is 5. The van der Waals surface area contributed by atoms with Crippen LogP contribution in [0, 0.1) is 11.7 Å². The molecule has 2 aromatic rings. The molecule has 4 heterocycles. The van der Waals surface area contributed by atoms with Crippen molar-refractivity contribution in [1.82, 2.24) is 14.9 Å². The maximum Gasteiger partial charge on any atom is 0.227 e. The van der Waals surface area contributed by atoms with Crippen molar-refractivity contribution in [2.24, 2.45) is 5.92 Å². The Morgan fingerprint density at radius 3 is 3.17 bits per heavy atom. The van der Waals surface area contributed by atoms with Crippen LogP contribution in [0.5, 0.6) is 0 Å². The number of nitrogens with zero attached hydrogens (tertiary/aromatic N) is 4. The fourth-order valence-corrected chi connectivity index (χ4v) is 4.49. The summed E-state index contributed by atoms with van der Waals surface area (Å²) in [4.78, 5) is 25.9. The molecule has 0 spiro atoms. The van der Waals surface area contributed by atoms with Gasteiger partial charge in [0, 0.05) is 31.1 Å². The van der Waals surface area contributed by atoms with Gasteiger partial charge in [-0.05, 0) is 36.3 Å². The van der Waals surface area contributed by atoms with E-state index in [4.69, 9.17) is 0 Å². The molecule has 5 nitrogen and oxygen atoms in total. The maximum atomic E-state index is 13.9. The summed E-state index contributed by atoms with van der Waals surface area (Å²) in [6.45, 7) is 2.74. The highest BCUT2D eigenvalue weighted by molar-refractivity contribution is 7.10. The van der Waals surface area contributed by atoms with Crippen molar-refractivity contribution >= 4 is 23.1 Å². The van der Waals surface area contributed by atoms with E-state index in [2.05, 4.69) is 21.4 Å². The van der Waals surface area contributed by atoms with Crippen LogP contribution in [-0.2, 0) is 17.8 Å². The average Bonchev–Trinajstić information content (AvgIpc) is 3.09. The first-order chi connectivity index (χ1) is 11.7. The van der Waals surface area contributed by atoms with Gasteiger partial charge in [0.1, 0.15) is 6.33 Å². The largest absolute Gasteiger partial charge is 0.353 e. The fraction of sp³-hybridized carbons (Fsp3) is 0.471. The van der Waals surface area contributed by atoms with Crippen LogP contribution in [0.1, 0.15) is 23.3 Å². The number of carbonyl (C=O) groups excluding carboxylic acids is 1. The van der Waals surface area contributed by atoms with E-state index < -0.39 is 5.82 Å². The summed E-state index contributed by atoms with van der Waals surface area (Å²) in [5, 5.41) is 2.10. The van der Waals surface area contributed by atoms with Crippen LogP contribution in [0.25, 0.3) is 0 Å². The molecule has 1 fully saturated rings. The molecule has 4 rings (SSSR count). The van der Waals surface area contributed by atoms with Crippen LogP contribution >= 0.6 is 11.3 Å². The van der Waals surface area contributed by atoms with Gasteiger partial charge in [-0.2, -0.15) is 0 Å². The molecule has 24 heavy (non-hydrogen) atoms. The van der Waals surface area contributed by atoms with Crippen molar-refractivity contribution < 1.29 is 9.18 Å². The summed E-state index contributed by atoms with van der Waals surface area (Å²) in [7, 11) is 0. The molecule has 2 aliphatic rings. The molecule has 126 valence electrons. The number of halogens is 1. The molecule has 7 heteroatoms. The number of rotatable bonds is 2. The lowest BCUT2D eigenvalue weighted by Crippen LogP contribution is -2.46. The van der Waals surface area contributed by atoms with E-state index in [0.29, 0.717) is 18.9 Å². The molecule has 1 saturated heterocycles. The minimum absolute atomic E-state index is 0.0895. The molecule has 0 aliphatic carbocycles. The highest BCUT2D eigenvalue weighted by Gasteiger charge is 2.32. The number of fused-ring (bicyclic) bond motifs is 1. The minimum atomic E-state index is -0.425. The standard InChI is InChI=1S/C17H19FN4OS/c18-14-8-19-11-20-16(14)21-5-1-2-13(10-21)17(23)22-6-3-15-12(9-22)4-7-24-15/h4,7-8,11,13H,1-3,5-6,9-10H2. The first kappa shape index (κ1) is 15.5. The molecule has 0 N–H and O–H groups in total. The van der Waals surface area contributed by atoms with Crippen LogP contribution in [0.4, 0.5) is 10.2 Å². The second-order valence-corrected chi connectivity index (χ2v) is 7.36. The Hall–Kier alpha value is -2.02. The fourth-order valence-electron chi connectivity index (χ4n) is 3.60. The Morgan fingerprint density at radius 1 is 1.38 bits per heavy atom. The quantitative estimate of drug-likeness (QED) is 0.838. The minimum Gasteiger partial charge on any atom is -0.353 e. The smallest absolute Gasteiger partial charge is 0.227 e. The number of aromatic nitrogens is 2. The second kappa shape index (κ2) is 6.47. The molecule has 0 radical (unpaired) electrons. The van der Waals surface area contributed by atoms with E-state index in [-0.39, 0.29) is 11.8 Å². The normalized spacial score (nSPS) is 20.8. The Balaban J connectivity index is 1.46. The molecule has 2 aliphatic heterocycles. The highest BCUT2D eigenvalue weighted by atomic mass is 32.1. The van der Waals surface area contributed by atoms with Crippen LogP contribution in [0.15, 0.2) is 24.0 Å². The molecule has 2 aromatic heterocycles. The SMILES string of the molecule is O=C(C1CCCN(c2ncncc2F)C1)N1CCc2sccc2C1.